The molecule has 3 rings (SSSR count). The average molecular weight is 258 g/mol. The van der Waals surface area contributed by atoms with E-state index in [0.29, 0.717) is 25.2 Å². The minimum absolute atomic E-state index is 0.416. The molecule has 98 valence electrons. The van der Waals surface area contributed by atoms with E-state index in [1.807, 2.05) is 30.3 Å². The molecule has 0 saturated heterocycles. The molecule has 4 heteroatoms. The van der Waals surface area contributed by atoms with Crippen molar-refractivity contribution in [1.29, 1.82) is 0 Å². The topological polar surface area (TPSA) is 59.7 Å². The second kappa shape index (κ2) is 4.46. The molecule has 1 unspecified atom stereocenters. The molecule has 0 bridgehead atoms. The maximum atomic E-state index is 11.9. The minimum Gasteiger partial charge on any atom is -0.493 e. The number of rotatable bonds is 3. The molecule has 1 aliphatic heterocycles. The normalized spacial score (nSPS) is 21.5. The van der Waals surface area contributed by atoms with E-state index in [1.165, 1.54) is 0 Å². The first kappa shape index (κ1) is 11.8. The fraction of sp³-hybridized carbons (Fsp3) is 0.267. The molecule has 1 aromatic heterocycles. The Labute approximate surface area is 110 Å². The van der Waals surface area contributed by atoms with Crippen molar-refractivity contribution in [3.63, 3.8) is 0 Å². The van der Waals surface area contributed by atoms with Gasteiger partial charge in [0, 0.05) is 12.0 Å². The van der Waals surface area contributed by atoms with Gasteiger partial charge in [0.2, 0.25) is 0 Å². The highest BCUT2D eigenvalue weighted by Gasteiger charge is 2.44. The van der Waals surface area contributed by atoms with Gasteiger partial charge in [-0.15, -0.1) is 0 Å². The molecule has 1 N–H and O–H groups in total. The highest BCUT2D eigenvalue weighted by molar-refractivity contribution is 5.83. The molecule has 0 amide bonds. The van der Waals surface area contributed by atoms with Gasteiger partial charge in [-0.2, -0.15) is 0 Å². The van der Waals surface area contributed by atoms with Crippen LogP contribution >= 0.6 is 0 Å². The zero-order valence-electron chi connectivity index (χ0n) is 10.3. The fourth-order valence-electron chi connectivity index (χ4n) is 2.68. The number of carboxylic acids is 1. The van der Waals surface area contributed by atoms with Gasteiger partial charge in [0.05, 0.1) is 19.1 Å². The first-order chi connectivity index (χ1) is 9.22. The largest absolute Gasteiger partial charge is 0.493 e. The lowest BCUT2D eigenvalue weighted by atomic mass is 9.72. The SMILES string of the molecule is O=C(O)C1(Cc2ccoc2)CCOc2ccccc21. The second-order valence-corrected chi connectivity index (χ2v) is 4.79. The molecule has 0 radical (unpaired) electrons. The zero-order valence-corrected chi connectivity index (χ0v) is 10.3. The highest BCUT2D eigenvalue weighted by atomic mass is 16.5. The van der Waals surface area contributed by atoms with E-state index in [-0.39, 0.29) is 0 Å². The number of hydrogen-bond acceptors (Lipinski definition) is 3. The predicted octanol–water partition coefficient (Wildman–Crippen LogP) is 2.63. The Hall–Kier alpha value is -2.23. The van der Waals surface area contributed by atoms with Crippen LogP contribution in [-0.2, 0) is 16.6 Å². The predicted molar refractivity (Wildman–Crippen MR) is 68.3 cm³/mol. The van der Waals surface area contributed by atoms with E-state index in [1.54, 1.807) is 12.5 Å². The van der Waals surface area contributed by atoms with Crippen molar-refractivity contribution in [2.75, 3.05) is 6.61 Å². The Balaban J connectivity index is 2.09. The van der Waals surface area contributed by atoms with Gasteiger partial charge in [0.25, 0.3) is 0 Å². The van der Waals surface area contributed by atoms with E-state index in [0.717, 1.165) is 11.1 Å². The van der Waals surface area contributed by atoms with Gasteiger partial charge in [-0.05, 0) is 24.1 Å². The molecule has 1 aliphatic rings. The van der Waals surface area contributed by atoms with Gasteiger partial charge in [-0.3, -0.25) is 4.79 Å². The Morgan fingerprint density at radius 2 is 2.16 bits per heavy atom. The van der Waals surface area contributed by atoms with Gasteiger partial charge < -0.3 is 14.3 Å². The number of fused-ring (bicyclic) bond motifs is 1. The smallest absolute Gasteiger partial charge is 0.314 e. The summed E-state index contributed by atoms with van der Waals surface area (Å²) in [6.45, 7) is 0.418. The molecule has 0 saturated carbocycles. The average Bonchev–Trinajstić information content (AvgIpc) is 2.91. The summed E-state index contributed by atoms with van der Waals surface area (Å²) in [5.41, 5.74) is 0.702. The molecule has 2 heterocycles. The molecule has 1 atom stereocenters. The molecule has 4 nitrogen and oxygen atoms in total. The Bertz CT molecular complexity index is 588. The number of carboxylic acid groups (broad SMARTS) is 1. The maximum Gasteiger partial charge on any atom is 0.314 e. The van der Waals surface area contributed by atoms with Crippen molar-refractivity contribution in [2.45, 2.75) is 18.3 Å². The van der Waals surface area contributed by atoms with Gasteiger partial charge >= 0.3 is 5.97 Å². The zero-order chi connectivity index (χ0) is 13.3. The lowest BCUT2D eigenvalue weighted by Crippen LogP contribution is -2.42. The van der Waals surface area contributed by atoms with Crippen molar-refractivity contribution < 1.29 is 19.1 Å². The summed E-state index contributed by atoms with van der Waals surface area (Å²) < 4.78 is 10.6. The standard InChI is InChI=1S/C15H14O4/c16-14(17)15(9-11-5-7-18-10-11)6-8-19-13-4-2-1-3-12(13)15/h1-5,7,10H,6,8-9H2,(H,16,17). The fourth-order valence-corrected chi connectivity index (χ4v) is 2.68. The number of para-hydroxylation sites is 1. The molecule has 0 spiro atoms. The van der Waals surface area contributed by atoms with E-state index in [2.05, 4.69) is 0 Å². The van der Waals surface area contributed by atoms with Crippen LogP contribution in [0.15, 0.2) is 47.3 Å². The van der Waals surface area contributed by atoms with Crippen molar-refractivity contribution in [1.82, 2.24) is 0 Å². The molecule has 0 fully saturated rings. The van der Waals surface area contributed by atoms with E-state index in [4.69, 9.17) is 9.15 Å². The van der Waals surface area contributed by atoms with Gasteiger partial charge in [-0.1, -0.05) is 18.2 Å². The van der Waals surface area contributed by atoms with Crippen LogP contribution in [0, 0.1) is 0 Å². The third-order valence-corrected chi connectivity index (χ3v) is 3.68. The number of benzene rings is 1. The monoisotopic (exact) mass is 258 g/mol. The molecule has 2 aromatic rings. The molecule has 0 aliphatic carbocycles. The van der Waals surface area contributed by atoms with Crippen molar-refractivity contribution in [2.24, 2.45) is 0 Å². The van der Waals surface area contributed by atoms with Crippen LogP contribution in [0.2, 0.25) is 0 Å². The molecular weight excluding hydrogens is 244 g/mol. The first-order valence-electron chi connectivity index (χ1n) is 6.19. The maximum absolute atomic E-state index is 11.9. The van der Waals surface area contributed by atoms with Gasteiger partial charge in [0.1, 0.15) is 11.2 Å². The van der Waals surface area contributed by atoms with E-state index < -0.39 is 11.4 Å². The van der Waals surface area contributed by atoms with Crippen LogP contribution in [0.5, 0.6) is 5.75 Å². The number of furan rings is 1. The van der Waals surface area contributed by atoms with Crippen molar-refractivity contribution in [3.05, 3.63) is 54.0 Å². The van der Waals surface area contributed by atoms with Crippen molar-refractivity contribution in [3.8, 4) is 5.75 Å². The Kier molecular flexibility index (Phi) is 2.78. The summed E-state index contributed by atoms with van der Waals surface area (Å²) in [4.78, 5) is 11.9. The van der Waals surface area contributed by atoms with Crippen LogP contribution in [0.4, 0.5) is 0 Å². The van der Waals surface area contributed by atoms with Crippen molar-refractivity contribution >= 4 is 5.97 Å². The molecular formula is C15H14O4. The van der Waals surface area contributed by atoms with Crippen LogP contribution in [0.25, 0.3) is 0 Å². The third-order valence-electron chi connectivity index (χ3n) is 3.68. The van der Waals surface area contributed by atoms with Crippen LogP contribution in [0.3, 0.4) is 0 Å². The summed E-state index contributed by atoms with van der Waals surface area (Å²) >= 11 is 0. The first-order valence-corrected chi connectivity index (χ1v) is 6.19. The molecule has 19 heavy (non-hydrogen) atoms. The van der Waals surface area contributed by atoms with Crippen LogP contribution < -0.4 is 4.74 Å². The summed E-state index contributed by atoms with van der Waals surface area (Å²) in [7, 11) is 0. The van der Waals surface area contributed by atoms with E-state index >= 15 is 0 Å². The lowest BCUT2D eigenvalue weighted by Gasteiger charge is -2.35. The number of carbonyl (C=O) groups is 1. The Morgan fingerprint density at radius 1 is 1.32 bits per heavy atom. The summed E-state index contributed by atoms with van der Waals surface area (Å²) in [6, 6.07) is 9.17. The lowest BCUT2D eigenvalue weighted by molar-refractivity contribution is -0.145. The van der Waals surface area contributed by atoms with Gasteiger partial charge in [-0.25, -0.2) is 0 Å². The highest BCUT2D eigenvalue weighted by Crippen LogP contribution is 2.41. The summed E-state index contributed by atoms with van der Waals surface area (Å²) in [6.07, 6.45) is 4.04. The van der Waals surface area contributed by atoms with Crippen LogP contribution in [0.1, 0.15) is 17.5 Å². The number of aliphatic carboxylic acids is 1. The van der Waals surface area contributed by atoms with Crippen LogP contribution in [-0.4, -0.2) is 17.7 Å². The molecule has 1 aromatic carbocycles. The summed E-state index contributed by atoms with van der Waals surface area (Å²) in [5.74, 6) is -0.149. The quantitative estimate of drug-likeness (QED) is 0.919. The van der Waals surface area contributed by atoms with E-state index in [9.17, 15) is 9.90 Å². The second-order valence-electron chi connectivity index (χ2n) is 4.79. The third kappa shape index (κ3) is 1.89. The van der Waals surface area contributed by atoms with Gasteiger partial charge in [0.15, 0.2) is 0 Å². The Morgan fingerprint density at radius 3 is 2.89 bits per heavy atom. The summed E-state index contributed by atoms with van der Waals surface area (Å²) in [5, 5.41) is 9.75. The number of ether oxygens (including phenoxy) is 1. The minimum atomic E-state index is -0.932. The number of hydrogen-bond donors (Lipinski definition) is 1.